The van der Waals surface area contributed by atoms with Crippen molar-refractivity contribution >= 4 is 52.4 Å². The molecule has 1 saturated heterocycles. The van der Waals surface area contributed by atoms with Gasteiger partial charge < -0.3 is 15.0 Å². The van der Waals surface area contributed by atoms with Crippen LogP contribution in [0.5, 0.6) is 0 Å². The number of aromatic nitrogens is 2. The number of nitrogens with one attached hydrogen (secondary N) is 1. The second-order valence-electron chi connectivity index (χ2n) is 8.23. The Morgan fingerprint density at radius 2 is 1.81 bits per heavy atom. The third kappa shape index (κ3) is 5.78. The average molecular weight is 553 g/mol. The number of rotatable bonds is 6. The molecule has 0 aliphatic carbocycles. The number of ether oxygens (including phenoxy) is 1. The lowest BCUT2D eigenvalue weighted by atomic mass is 10.1. The normalized spacial score (nSPS) is 14.0. The zero-order valence-corrected chi connectivity index (χ0v) is 21.9. The van der Waals surface area contributed by atoms with E-state index in [1.807, 2.05) is 54.0 Å². The number of benzene rings is 2. The quantitative estimate of drug-likeness (QED) is 0.319. The van der Waals surface area contributed by atoms with Gasteiger partial charge >= 0.3 is 0 Å². The van der Waals surface area contributed by atoms with Crippen LogP contribution in [0.4, 0.5) is 0 Å². The number of morpholine rings is 1. The van der Waals surface area contributed by atoms with Gasteiger partial charge in [0.1, 0.15) is 11.4 Å². The van der Waals surface area contributed by atoms with Crippen molar-refractivity contribution in [1.29, 1.82) is 0 Å². The molecule has 4 aromatic rings. The van der Waals surface area contributed by atoms with Gasteiger partial charge in [0.25, 0.3) is 11.8 Å². The molecular formula is C27H22Cl2N4O3S. The van der Waals surface area contributed by atoms with Gasteiger partial charge in [-0.15, -0.1) is 11.3 Å². The van der Waals surface area contributed by atoms with E-state index in [-0.39, 0.29) is 22.2 Å². The Morgan fingerprint density at radius 3 is 2.51 bits per heavy atom. The molecule has 0 saturated carbocycles. The summed E-state index contributed by atoms with van der Waals surface area (Å²) in [6, 6.07) is 18.2. The maximum Gasteiger partial charge on any atom is 0.270 e. The van der Waals surface area contributed by atoms with Gasteiger partial charge in [0.15, 0.2) is 0 Å². The number of thiophene rings is 1. The number of carbonyl (C=O) groups excluding carboxylic acids is 2. The molecule has 2 aromatic heterocycles. The zero-order chi connectivity index (χ0) is 25.8. The largest absolute Gasteiger partial charge is 0.378 e. The van der Waals surface area contributed by atoms with Crippen molar-refractivity contribution in [2.24, 2.45) is 0 Å². The van der Waals surface area contributed by atoms with E-state index in [0.717, 1.165) is 10.6 Å². The number of halogens is 2. The first-order chi connectivity index (χ1) is 18.0. The third-order valence-corrected chi connectivity index (χ3v) is 7.19. The van der Waals surface area contributed by atoms with Gasteiger partial charge in [-0.2, -0.15) is 5.10 Å². The first-order valence-corrected chi connectivity index (χ1v) is 13.2. The van der Waals surface area contributed by atoms with Crippen LogP contribution in [-0.2, 0) is 9.53 Å². The van der Waals surface area contributed by atoms with Gasteiger partial charge in [-0.05, 0) is 47.9 Å². The number of para-hydroxylation sites is 1. The summed E-state index contributed by atoms with van der Waals surface area (Å²) < 4.78 is 7.16. The SMILES string of the molecule is O=C(NC(=Cc1cn(-c2ccccc2)nc1-c1cccs1)C(=O)N1CCOCC1)c1ccc(Cl)cc1Cl. The predicted octanol–water partition coefficient (Wildman–Crippen LogP) is 5.54. The Balaban J connectivity index is 1.57. The number of hydrogen-bond donors (Lipinski definition) is 1. The lowest BCUT2D eigenvalue weighted by Gasteiger charge is -2.27. The highest BCUT2D eigenvalue weighted by Gasteiger charge is 2.24. The van der Waals surface area contributed by atoms with E-state index in [4.69, 9.17) is 33.0 Å². The number of hydrogen-bond acceptors (Lipinski definition) is 5. The second-order valence-corrected chi connectivity index (χ2v) is 10.0. The minimum atomic E-state index is -0.511. The van der Waals surface area contributed by atoms with Crippen molar-refractivity contribution in [3.05, 3.63) is 99.1 Å². The van der Waals surface area contributed by atoms with Crippen molar-refractivity contribution in [1.82, 2.24) is 20.0 Å². The van der Waals surface area contributed by atoms with Crippen LogP contribution in [0.2, 0.25) is 10.0 Å². The van der Waals surface area contributed by atoms with E-state index < -0.39 is 5.91 Å². The Hall–Kier alpha value is -3.43. The molecule has 2 amide bonds. The summed E-state index contributed by atoms with van der Waals surface area (Å²) in [4.78, 5) is 29.4. The van der Waals surface area contributed by atoms with Crippen LogP contribution in [0.15, 0.2) is 77.9 Å². The van der Waals surface area contributed by atoms with Crippen molar-refractivity contribution in [3.8, 4) is 16.3 Å². The topological polar surface area (TPSA) is 76.5 Å². The molecule has 5 rings (SSSR count). The number of carbonyl (C=O) groups is 2. The standard InChI is InChI=1S/C27H22Cl2N4O3S/c28-19-8-9-21(22(29)16-19)26(34)30-23(27(35)32-10-12-36-13-11-32)15-18-17-33(20-5-2-1-3-6-20)31-25(18)24-7-4-14-37-24/h1-9,14-17H,10-13H2,(H,30,34). The summed E-state index contributed by atoms with van der Waals surface area (Å²) in [5, 5.41) is 10.2. The maximum atomic E-state index is 13.6. The van der Waals surface area contributed by atoms with Crippen LogP contribution >= 0.6 is 34.5 Å². The van der Waals surface area contributed by atoms with Gasteiger partial charge in [-0.3, -0.25) is 9.59 Å². The average Bonchev–Trinajstić information content (AvgIpc) is 3.59. The Kier molecular flexibility index (Phi) is 7.71. The van der Waals surface area contributed by atoms with Crippen LogP contribution in [0.1, 0.15) is 15.9 Å². The molecule has 1 aliphatic heterocycles. The minimum absolute atomic E-state index is 0.114. The summed E-state index contributed by atoms with van der Waals surface area (Å²) in [7, 11) is 0. The van der Waals surface area contributed by atoms with Gasteiger partial charge in [-0.1, -0.05) is 47.5 Å². The smallest absolute Gasteiger partial charge is 0.270 e. The predicted molar refractivity (Wildman–Crippen MR) is 146 cm³/mol. The van der Waals surface area contributed by atoms with E-state index in [1.54, 1.807) is 33.1 Å². The summed E-state index contributed by atoms with van der Waals surface area (Å²) >= 11 is 13.8. The van der Waals surface area contributed by atoms with Gasteiger partial charge in [-0.25, -0.2) is 4.68 Å². The molecule has 0 bridgehead atoms. The molecule has 1 aliphatic rings. The summed E-state index contributed by atoms with van der Waals surface area (Å²) in [5.41, 5.74) is 2.59. The summed E-state index contributed by atoms with van der Waals surface area (Å²) in [6.45, 7) is 1.72. The number of amides is 2. The highest BCUT2D eigenvalue weighted by atomic mass is 35.5. The van der Waals surface area contributed by atoms with E-state index >= 15 is 0 Å². The molecule has 0 spiro atoms. The van der Waals surface area contributed by atoms with Gasteiger partial charge in [0.2, 0.25) is 0 Å². The van der Waals surface area contributed by atoms with Crippen molar-refractivity contribution < 1.29 is 14.3 Å². The molecule has 7 nitrogen and oxygen atoms in total. The molecule has 2 aromatic carbocycles. The molecule has 3 heterocycles. The lowest BCUT2D eigenvalue weighted by molar-refractivity contribution is -0.131. The van der Waals surface area contributed by atoms with E-state index in [2.05, 4.69) is 5.32 Å². The maximum absolute atomic E-state index is 13.6. The van der Waals surface area contributed by atoms with Crippen LogP contribution < -0.4 is 5.32 Å². The third-order valence-electron chi connectivity index (χ3n) is 5.77. The fourth-order valence-electron chi connectivity index (χ4n) is 3.92. The van der Waals surface area contributed by atoms with Crippen molar-refractivity contribution in [2.45, 2.75) is 0 Å². The van der Waals surface area contributed by atoms with E-state index in [1.165, 1.54) is 12.1 Å². The molecule has 37 heavy (non-hydrogen) atoms. The first-order valence-electron chi connectivity index (χ1n) is 11.5. The minimum Gasteiger partial charge on any atom is -0.378 e. The molecule has 188 valence electrons. The molecule has 10 heteroatoms. The zero-order valence-electron chi connectivity index (χ0n) is 19.6. The monoisotopic (exact) mass is 552 g/mol. The van der Waals surface area contributed by atoms with Gasteiger partial charge in [0.05, 0.1) is 34.4 Å². The highest BCUT2D eigenvalue weighted by Crippen LogP contribution is 2.29. The molecule has 1 N–H and O–H groups in total. The molecule has 0 radical (unpaired) electrons. The Labute approximate surface area is 227 Å². The lowest BCUT2D eigenvalue weighted by Crippen LogP contribution is -2.44. The van der Waals surface area contributed by atoms with Crippen LogP contribution in [0.3, 0.4) is 0 Å². The van der Waals surface area contributed by atoms with Crippen molar-refractivity contribution in [3.63, 3.8) is 0 Å². The van der Waals surface area contributed by atoms with Crippen LogP contribution in [0, 0.1) is 0 Å². The molecular weight excluding hydrogens is 531 g/mol. The summed E-state index contributed by atoms with van der Waals surface area (Å²) in [6.07, 6.45) is 3.51. The van der Waals surface area contributed by atoms with Crippen LogP contribution in [-0.4, -0.2) is 52.8 Å². The molecule has 0 unspecified atom stereocenters. The fourth-order valence-corrected chi connectivity index (χ4v) is 5.14. The van der Waals surface area contributed by atoms with Crippen LogP contribution in [0.25, 0.3) is 22.3 Å². The molecule has 0 atom stereocenters. The van der Waals surface area contributed by atoms with Gasteiger partial charge in [0, 0.05) is 29.9 Å². The highest BCUT2D eigenvalue weighted by molar-refractivity contribution is 7.13. The van der Waals surface area contributed by atoms with Crippen molar-refractivity contribution in [2.75, 3.05) is 26.3 Å². The Bertz CT molecular complexity index is 1450. The second kappa shape index (κ2) is 11.3. The van der Waals surface area contributed by atoms with E-state index in [9.17, 15) is 9.59 Å². The first kappa shape index (κ1) is 25.2. The fraction of sp³-hybridized carbons (Fsp3) is 0.148. The summed E-state index contributed by atoms with van der Waals surface area (Å²) in [5.74, 6) is -0.825. The Morgan fingerprint density at radius 1 is 1.03 bits per heavy atom. The van der Waals surface area contributed by atoms with E-state index in [0.29, 0.717) is 42.6 Å². The number of nitrogens with zero attached hydrogens (tertiary/aromatic N) is 3. The molecule has 1 fully saturated rings.